The van der Waals surface area contributed by atoms with Crippen LogP contribution in [0.15, 0.2) is 43.0 Å². The van der Waals surface area contributed by atoms with Gasteiger partial charge in [0.25, 0.3) is 5.91 Å². The van der Waals surface area contributed by atoms with Crippen LogP contribution in [-0.4, -0.2) is 15.9 Å². The summed E-state index contributed by atoms with van der Waals surface area (Å²) in [6, 6.07) is 8.45. The molecule has 0 spiro atoms. The van der Waals surface area contributed by atoms with Gasteiger partial charge in [-0.15, -0.1) is 0 Å². The first kappa shape index (κ1) is 10.8. The lowest BCUT2D eigenvalue weighted by Crippen LogP contribution is -2.12. The van der Waals surface area contributed by atoms with Gasteiger partial charge >= 0.3 is 0 Å². The Labute approximate surface area is 97.8 Å². The molecule has 17 heavy (non-hydrogen) atoms. The van der Waals surface area contributed by atoms with Crippen LogP contribution in [0.2, 0.25) is 0 Å². The Morgan fingerprint density at radius 3 is 2.76 bits per heavy atom. The second kappa shape index (κ2) is 4.86. The average Bonchev–Trinajstić information content (AvgIpc) is 2.40. The van der Waals surface area contributed by atoms with Crippen LogP contribution < -0.4 is 5.32 Å². The van der Waals surface area contributed by atoms with Crippen LogP contribution in [0, 0.1) is 11.3 Å². The summed E-state index contributed by atoms with van der Waals surface area (Å²) in [5.74, 6) is -0.295. The number of nitrogens with one attached hydrogen (secondary N) is 1. The highest BCUT2D eigenvalue weighted by Crippen LogP contribution is 2.08. The van der Waals surface area contributed by atoms with Gasteiger partial charge < -0.3 is 5.32 Å². The fourth-order valence-electron chi connectivity index (χ4n) is 1.30. The Balaban J connectivity index is 2.18. The van der Waals surface area contributed by atoms with E-state index in [1.54, 1.807) is 18.2 Å². The number of nitriles is 1. The van der Waals surface area contributed by atoms with E-state index in [9.17, 15) is 4.79 Å². The number of benzene rings is 1. The Morgan fingerprint density at radius 2 is 2.06 bits per heavy atom. The van der Waals surface area contributed by atoms with E-state index >= 15 is 0 Å². The van der Waals surface area contributed by atoms with E-state index in [4.69, 9.17) is 5.26 Å². The van der Waals surface area contributed by atoms with Crippen molar-refractivity contribution in [3.05, 3.63) is 54.1 Å². The van der Waals surface area contributed by atoms with Gasteiger partial charge in [-0.2, -0.15) is 5.26 Å². The zero-order chi connectivity index (χ0) is 12.1. The predicted molar refractivity (Wildman–Crippen MR) is 61.1 cm³/mol. The molecule has 0 fully saturated rings. The van der Waals surface area contributed by atoms with Crippen LogP contribution >= 0.6 is 0 Å². The van der Waals surface area contributed by atoms with Gasteiger partial charge in [0, 0.05) is 5.56 Å². The monoisotopic (exact) mass is 224 g/mol. The fraction of sp³-hybridized carbons (Fsp3) is 0. The first-order valence-electron chi connectivity index (χ1n) is 4.86. The number of hydrogen-bond acceptors (Lipinski definition) is 4. The summed E-state index contributed by atoms with van der Waals surface area (Å²) in [5, 5.41) is 11.4. The molecule has 2 rings (SSSR count). The van der Waals surface area contributed by atoms with Gasteiger partial charge in [0.2, 0.25) is 0 Å². The number of nitrogens with zero attached hydrogens (tertiary/aromatic N) is 3. The summed E-state index contributed by atoms with van der Waals surface area (Å²) in [6.07, 6.45) is 4.38. The predicted octanol–water partition coefficient (Wildman–Crippen LogP) is 1.60. The molecule has 0 aliphatic heterocycles. The van der Waals surface area contributed by atoms with Crippen LogP contribution in [0.25, 0.3) is 0 Å². The molecule has 5 heteroatoms. The van der Waals surface area contributed by atoms with E-state index in [2.05, 4.69) is 15.3 Å². The number of rotatable bonds is 2. The molecule has 0 saturated heterocycles. The molecule has 1 N–H and O–H groups in total. The summed E-state index contributed by atoms with van der Waals surface area (Å²) in [5.41, 5.74) is 1.38. The van der Waals surface area contributed by atoms with Crippen LogP contribution in [-0.2, 0) is 0 Å². The molecular weight excluding hydrogens is 216 g/mol. The Bertz CT molecular complexity index is 575. The van der Waals surface area contributed by atoms with Gasteiger partial charge in [-0.1, -0.05) is 6.07 Å². The Kier molecular flexibility index (Phi) is 3.08. The number of hydrogen-bond donors (Lipinski definition) is 1. The van der Waals surface area contributed by atoms with Crippen molar-refractivity contribution in [3.8, 4) is 6.07 Å². The van der Waals surface area contributed by atoms with Gasteiger partial charge in [0.05, 0.1) is 29.7 Å². The lowest BCUT2D eigenvalue weighted by molar-refractivity contribution is 0.102. The van der Waals surface area contributed by atoms with E-state index in [0.29, 0.717) is 16.8 Å². The topological polar surface area (TPSA) is 78.7 Å². The minimum atomic E-state index is -0.295. The third kappa shape index (κ3) is 2.63. The molecule has 1 aromatic heterocycles. The van der Waals surface area contributed by atoms with Gasteiger partial charge in [-0.05, 0) is 18.2 Å². The van der Waals surface area contributed by atoms with Crippen molar-refractivity contribution in [2.24, 2.45) is 0 Å². The number of carbonyl (C=O) groups excluding carboxylic acids is 1. The van der Waals surface area contributed by atoms with Crippen molar-refractivity contribution in [2.75, 3.05) is 5.32 Å². The van der Waals surface area contributed by atoms with Crippen LogP contribution in [0.1, 0.15) is 15.9 Å². The molecule has 0 saturated carbocycles. The van der Waals surface area contributed by atoms with Gasteiger partial charge in [0.1, 0.15) is 6.33 Å². The van der Waals surface area contributed by atoms with E-state index in [1.807, 2.05) is 6.07 Å². The van der Waals surface area contributed by atoms with Crippen LogP contribution in [0.5, 0.6) is 0 Å². The molecule has 0 radical (unpaired) electrons. The molecule has 82 valence electrons. The Morgan fingerprint density at radius 1 is 1.29 bits per heavy atom. The van der Waals surface area contributed by atoms with Gasteiger partial charge in [-0.25, -0.2) is 9.97 Å². The first-order chi connectivity index (χ1) is 8.29. The largest absolute Gasteiger partial charge is 0.319 e. The molecule has 0 unspecified atom stereocenters. The molecule has 2 aromatic rings. The quantitative estimate of drug-likeness (QED) is 0.840. The van der Waals surface area contributed by atoms with Gasteiger partial charge in [-0.3, -0.25) is 4.79 Å². The highest BCUT2D eigenvalue weighted by molar-refractivity contribution is 6.04. The first-order valence-corrected chi connectivity index (χ1v) is 4.86. The number of aromatic nitrogens is 2. The smallest absolute Gasteiger partial charge is 0.255 e. The normalized spacial score (nSPS) is 9.35. The molecule has 5 nitrogen and oxygen atoms in total. The molecule has 0 aliphatic carbocycles. The number of anilines is 1. The molecule has 1 amide bonds. The molecule has 1 heterocycles. The Hall–Kier alpha value is -2.74. The van der Waals surface area contributed by atoms with Crippen molar-refractivity contribution in [1.29, 1.82) is 5.26 Å². The second-order valence-corrected chi connectivity index (χ2v) is 3.27. The highest BCUT2D eigenvalue weighted by atomic mass is 16.1. The molecule has 1 aromatic carbocycles. The van der Waals surface area contributed by atoms with Crippen molar-refractivity contribution in [1.82, 2.24) is 9.97 Å². The zero-order valence-electron chi connectivity index (χ0n) is 8.79. The average molecular weight is 224 g/mol. The SMILES string of the molecule is N#Cc1cccc(C(=O)Nc2cncnc2)c1. The fourth-order valence-corrected chi connectivity index (χ4v) is 1.30. The maximum Gasteiger partial charge on any atom is 0.255 e. The standard InChI is InChI=1S/C12H8N4O/c13-5-9-2-1-3-10(4-9)12(17)16-11-6-14-8-15-7-11/h1-4,6-8H,(H,16,17). The van der Waals surface area contributed by atoms with Crippen LogP contribution in [0.3, 0.4) is 0 Å². The summed E-state index contributed by atoms with van der Waals surface area (Å²) in [6.45, 7) is 0. The minimum Gasteiger partial charge on any atom is -0.319 e. The van der Waals surface area contributed by atoms with E-state index in [1.165, 1.54) is 24.8 Å². The molecular formula is C12H8N4O. The summed E-state index contributed by atoms with van der Waals surface area (Å²) < 4.78 is 0. The third-order valence-electron chi connectivity index (χ3n) is 2.07. The minimum absolute atomic E-state index is 0.295. The maximum atomic E-state index is 11.8. The van der Waals surface area contributed by atoms with E-state index < -0.39 is 0 Å². The maximum absolute atomic E-state index is 11.8. The highest BCUT2D eigenvalue weighted by Gasteiger charge is 2.06. The van der Waals surface area contributed by atoms with E-state index in [0.717, 1.165) is 0 Å². The third-order valence-corrected chi connectivity index (χ3v) is 2.07. The molecule has 0 bridgehead atoms. The summed E-state index contributed by atoms with van der Waals surface area (Å²) in [7, 11) is 0. The lowest BCUT2D eigenvalue weighted by Gasteiger charge is -2.03. The van der Waals surface area contributed by atoms with Gasteiger partial charge in [0.15, 0.2) is 0 Å². The number of carbonyl (C=O) groups is 1. The molecule has 0 aliphatic rings. The van der Waals surface area contributed by atoms with Crippen molar-refractivity contribution >= 4 is 11.6 Å². The second-order valence-electron chi connectivity index (χ2n) is 3.27. The number of amides is 1. The van der Waals surface area contributed by atoms with E-state index in [-0.39, 0.29) is 5.91 Å². The van der Waals surface area contributed by atoms with Crippen LogP contribution in [0.4, 0.5) is 5.69 Å². The lowest BCUT2D eigenvalue weighted by atomic mass is 10.1. The van der Waals surface area contributed by atoms with Crippen molar-refractivity contribution in [3.63, 3.8) is 0 Å². The van der Waals surface area contributed by atoms with Crippen molar-refractivity contribution in [2.45, 2.75) is 0 Å². The zero-order valence-corrected chi connectivity index (χ0v) is 8.79. The summed E-state index contributed by atoms with van der Waals surface area (Å²) >= 11 is 0. The van der Waals surface area contributed by atoms with Crippen molar-refractivity contribution < 1.29 is 4.79 Å². The molecule has 0 atom stereocenters. The summed E-state index contributed by atoms with van der Waals surface area (Å²) in [4.78, 5) is 19.4.